The van der Waals surface area contributed by atoms with Crippen molar-refractivity contribution in [3.63, 3.8) is 0 Å². The molecule has 1 atom stereocenters. The summed E-state index contributed by atoms with van der Waals surface area (Å²) in [6.07, 6.45) is -0.632. The molecule has 0 aliphatic heterocycles. The van der Waals surface area contributed by atoms with Crippen molar-refractivity contribution in [2.75, 3.05) is 13.2 Å². The second kappa shape index (κ2) is 14.0. The van der Waals surface area contributed by atoms with E-state index in [4.69, 9.17) is 9.47 Å². The van der Waals surface area contributed by atoms with Crippen LogP contribution < -0.4 is 10.6 Å². The quantitative estimate of drug-likeness (QED) is 0.320. The molecule has 0 unspecified atom stereocenters. The van der Waals surface area contributed by atoms with Crippen LogP contribution in [0, 0.1) is 5.92 Å². The first-order valence-electron chi connectivity index (χ1n) is 9.88. The number of amides is 2. The Bertz CT molecular complexity index is 692. The first-order valence-corrected chi connectivity index (χ1v) is 9.88. The molecule has 1 aromatic carbocycles. The van der Waals surface area contributed by atoms with E-state index in [9.17, 15) is 19.2 Å². The monoisotopic (exact) mass is 422 g/mol. The summed E-state index contributed by atoms with van der Waals surface area (Å²) in [6, 6.07) is 7.98. The summed E-state index contributed by atoms with van der Waals surface area (Å²) in [6.45, 7) is 5.68. The molecule has 166 valence electrons. The van der Waals surface area contributed by atoms with Crippen LogP contribution >= 0.6 is 0 Å². The van der Waals surface area contributed by atoms with E-state index in [-0.39, 0.29) is 31.5 Å². The maximum Gasteiger partial charge on any atom is 0.516 e. The van der Waals surface area contributed by atoms with Crippen molar-refractivity contribution in [1.82, 2.24) is 10.6 Å². The lowest BCUT2D eigenvalue weighted by atomic mass is 10.1. The predicted molar refractivity (Wildman–Crippen MR) is 108 cm³/mol. The Morgan fingerprint density at radius 2 is 1.70 bits per heavy atom. The summed E-state index contributed by atoms with van der Waals surface area (Å²) in [4.78, 5) is 47.0. The lowest BCUT2D eigenvalue weighted by molar-refractivity contribution is -0.142. The topological polar surface area (TPSA) is 120 Å². The van der Waals surface area contributed by atoms with Gasteiger partial charge in [-0.05, 0) is 30.7 Å². The maximum atomic E-state index is 12.3. The number of unbranched alkanes of at least 4 members (excludes halogenated alkanes) is 1. The molecular weight excluding hydrogens is 392 g/mol. The van der Waals surface area contributed by atoms with E-state index in [0.717, 1.165) is 5.56 Å². The second-order valence-electron chi connectivity index (χ2n) is 7.11. The molecule has 0 fully saturated rings. The lowest BCUT2D eigenvalue weighted by Crippen LogP contribution is -2.43. The number of carbonyl (C=O) groups excluding carboxylic acids is 4. The van der Waals surface area contributed by atoms with E-state index in [0.29, 0.717) is 19.4 Å². The smallest absolute Gasteiger partial charge is 0.445 e. The molecule has 0 bridgehead atoms. The standard InChI is InChI=1S/C21H30N2O7/c1-15(2)13-29-21(27)30-19(25)18(11-7-8-12-22-16(3)24)23-20(26)28-14-17-9-5-4-6-10-17/h4-6,9-10,15,18H,7-8,11-14H2,1-3H3,(H,22,24)(H,23,26)/t18-/m0/s1. The van der Waals surface area contributed by atoms with E-state index in [2.05, 4.69) is 15.4 Å². The number of hydrogen-bond donors (Lipinski definition) is 2. The minimum Gasteiger partial charge on any atom is -0.445 e. The minimum atomic E-state index is -1.11. The molecule has 0 heterocycles. The minimum absolute atomic E-state index is 0.0351. The van der Waals surface area contributed by atoms with Gasteiger partial charge in [-0.3, -0.25) is 4.79 Å². The van der Waals surface area contributed by atoms with Gasteiger partial charge in [-0.1, -0.05) is 44.2 Å². The first-order chi connectivity index (χ1) is 14.3. The Labute approximate surface area is 176 Å². The van der Waals surface area contributed by atoms with Crippen molar-refractivity contribution < 1.29 is 33.4 Å². The van der Waals surface area contributed by atoms with E-state index in [1.54, 1.807) is 12.1 Å². The first kappa shape index (κ1) is 24.9. The van der Waals surface area contributed by atoms with Crippen LogP contribution in [0.1, 0.15) is 45.6 Å². The van der Waals surface area contributed by atoms with Crippen molar-refractivity contribution in [1.29, 1.82) is 0 Å². The number of hydrogen-bond acceptors (Lipinski definition) is 7. The molecule has 0 aromatic heterocycles. The maximum absolute atomic E-state index is 12.3. The SMILES string of the molecule is CC(=O)NCCCC[C@H](NC(=O)OCc1ccccc1)C(=O)OC(=O)OCC(C)C. The number of rotatable bonds is 11. The van der Waals surface area contributed by atoms with E-state index < -0.39 is 24.3 Å². The van der Waals surface area contributed by atoms with Crippen LogP contribution in [0.5, 0.6) is 0 Å². The molecule has 0 saturated heterocycles. The fourth-order valence-corrected chi connectivity index (χ4v) is 2.31. The zero-order chi connectivity index (χ0) is 22.4. The van der Waals surface area contributed by atoms with Crippen molar-refractivity contribution in [2.24, 2.45) is 5.92 Å². The van der Waals surface area contributed by atoms with Crippen molar-refractivity contribution in [2.45, 2.75) is 52.7 Å². The van der Waals surface area contributed by atoms with Crippen molar-refractivity contribution in [3.05, 3.63) is 35.9 Å². The van der Waals surface area contributed by atoms with Crippen LogP contribution in [0.3, 0.4) is 0 Å². The van der Waals surface area contributed by atoms with Gasteiger partial charge >= 0.3 is 18.2 Å². The molecule has 0 aliphatic carbocycles. The Kier molecular flexibility index (Phi) is 11.6. The number of nitrogens with one attached hydrogen (secondary N) is 2. The molecular formula is C21H30N2O7. The summed E-state index contributed by atoms with van der Waals surface area (Å²) in [5.74, 6) is -0.996. The van der Waals surface area contributed by atoms with Crippen LogP contribution in [0.25, 0.3) is 0 Å². The largest absolute Gasteiger partial charge is 0.516 e. The zero-order valence-electron chi connectivity index (χ0n) is 17.6. The molecule has 0 saturated carbocycles. The summed E-state index contributed by atoms with van der Waals surface area (Å²) < 4.78 is 14.6. The van der Waals surface area contributed by atoms with E-state index in [1.165, 1.54) is 6.92 Å². The van der Waals surface area contributed by atoms with Crippen LogP contribution in [-0.4, -0.2) is 43.3 Å². The molecule has 0 spiro atoms. The summed E-state index contributed by atoms with van der Waals surface area (Å²) >= 11 is 0. The van der Waals surface area contributed by atoms with Gasteiger partial charge in [0.25, 0.3) is 0 Å². The Balaban J connectivity index is 2.56. The third-order valence-electron chi connectivity index (χ3n) is 3.80. The molecule has 2 amide bonds. The van der Waals surface area contributed by atoms with Gasteiger partial charge in [0.1, 0.15) is 12.6 Å². The summed E-state index contributed by atoms with van der Waals surface area (Å²) in [7, 11) is 0. The summed E-state index contributed by atoms with van der Waals surface area (Å²) in [5, 5.41) is 5.07. The molecule has 1 rings (SSSR count). The van der Waals surface area contributed by atoms with Crippen molar-refractivity contribution >= 4 is 24.1 Å². The fourth-order valence-electron chi connectivity index (χ4n) is 2.31. The van der Waals surface area contributed by atoms with E-state index >= 15 is 0 Å². The van der Waals surface area contributed by atoms with Gasteiger partial charge in [0.05, 0.1) is 6.61 Å². The molecule has 1 aromatic rings. The average molecular weight is 422 g/mol. The highest BCUT2D eigenvalue weighted by Crippen LogP contribution is 2.07. The van der Waals surface area contributed by atoms with Crippen LogP contribution in [0.2, 0.25) is 0 Å². The summed E-state index contributed by atoms with van der Waals surface area (Å²) in [5.41, 5.74) is 0.791. The Morgan fingerprint density at radius 3 is 2.33 bits per heavy atom. The highest BCUT2D eigenvalue weighted by molar-refractivity contribution is 5.88. The molecule has 2 N–H and O–H groups in total. The average Bonchev–Trinajstić information content (AvgIpc) is 2.70. The third-order valence-corrected chi connectivity index (χ3v) is 3.80. The van der Waals surface area contributed by atoms with E-state index in [1.807, 2.05) is 32.0 Å². The number of esters is 1. The molecule has 0 radical (unpaired) electrons. The van der Waals surface area contributed by atoms with Crippen LogP contribution in [0.4, 0.5) is 9.59 Å². The fraction of sp³-hybridized carbons (Fsp3) is 0.524. The predicted octanol–water partition coefficient (Wildman–Crippen LogP) is 2.92. The van der Waals surface area contributed by atoms with Gasteiger partial charge in [0, 0.05) is 13.5 Å². The lowest BCUT2D eigenvalue weighted by Gasteiger charge is -2.17. The normalized spacial score (nSPS) is 11.3. The van der Waals surface area contributed by atoms with Gasteiger partial charge < -0.3 is 24.8 Å². The molecule has 0 aliphatic rings. The van der Waals surface area contributed by atoms with Gasteiger partial charge in [-0.25, -0.2) is 14.4 Å². The highest BCUT2D eigenvalue weighted by Gasteiger charge is 2.26. The van der Waals surface area contributed by atoms with Gasteiger partial charge in [0.2, 0.25) is 5.91 Å². The number of benzene rings is 1. The van der Waals surface area contributed by atoms with Crippen molar-refractivity contribution in [3.8, 4) is 0 Å². The van der Waals surface area contributed by atoms with Gasteiger partial charge in [0.15, 0.2) is 0 Å². The number of ether oxygens (including phenoxy) is 3. The van der Waals surface area contributed by atoms with Crippen LogP contribution in [0.15, 0.2) is 30.3 Å². The molecule has 30 heavy (non-hydrogen) atoms. The molecule has 9 nitrogen and oxygen atoms in total. The number of carbonyl (C=O) groups is 4. The highest BCUT2D eigenvalue weighted by atomic mass is 16.7. The van der Waals surface area contributed by atoms with Gasteiger partial charge in [-0.15, -0.1) is 0 Å². The van der Waals surface area contributed by atoms with Gasteiger partial charge in [-0.2, -0.15) is 0 Å². The Morgan fingerprint density at radius 1 is 1.00 bits per heavy atom. The Hall–Kier alpha value is -3.10. The van der Waals surface area contributed by atoms with Crippen LogP contribution in [-0.2, 0) is 30.4 Å². The number of alkyl carbamates (subject to hydrolysis) is 1. The second-order valence-corrected chi connectivity index (χ2v) is 7.11. The third kappa shape index (κ3) is 11.7. The molecule has 9 heteroatoms. The zero-order valence-corrected chi connectivity index (χ0v) is 17.6.